The number of hydrogen-bond donors (Lipinski definition) is 0. The third-order valence-corrected chi connectivity index (χ3v) is 5.19. The van der Waals surface area contributed by atoms with Gasteiger partial charge < -0.3 is 4.90 Å². The van der Waals surface area contributed by atoms with Gasteiger partial charge in [-0.15, -0.1) is 5.10 Å². The van der Waals surface area contributed by atoms with Gasteiger partial charge in [0, 0.05) is 45.3 Å². The summed E-state index contributed by atoms with van der Waals surface area (Å²) in [7, 11) is 1.75. The first kappa shape index (κ1) is 17.8. The van der Waals surface area contributed by atoms with Crippen molar-refractivity contribution in [2.75, 3.05) is 31.9 Å². The van der Waals surface area contributed by atoms with Crippen molar-refractivity contribution in [3.05, 3.63) is 35.6 Å². The molecule has 1 aromatic carbocycles. The summed E-state index contributed by atoms with van der Waals surface area (Å²) in [6.07, 6.45) is 0.885. The second-order valence-electron chi connectivity index (χ2n) is 5.98. The summed E-state index contributed by atoms with van der Waals surface area (Å²) >= 11 is 1.34. The van der Waals surface area contributed by atoms with Gasteiger partial charge in [0.25, 0.3) is 0 Å². The molecule has 7 nitrogen and oxygen atoms in total. The number of carbonyl (C=O) groups excluding carboxylic acids is 1. The third-order valence-electron chi connectivity index (χ3n) is 4.20. The molecule has 2 heterocycles. The minimum Gasteiger partial charge on any atom is -0.341 e. The van der Waals surface area contributed by atoms with Crippen molar-refractivity contribution >= 4 is 17.7 Å². The zero-order valence-electron chi connectivity index (χ0n) is 14.1. The van der Waals surface area contributed by atoms with Crippen LogP contribution in [0.2, 0.25) is 0 Å². The summed E-state index contributed by atoms with van der Waals surface area (Å²) in [5.74, 6) is 0.232. The van der Waals surface area contributed by atoms with E-state index in [0.29, 0.717) is 29.6 Å². The van der Waals surface area contributed by atoms with Gasteiger partial charge in [0.05, 0.1) is 5.75 Å². The summed E-state index contributed by atoms with van der Waals surface area (Å²) in [5, 5.41) is 11.8. The van der Waals surface area contributed by atoms with Crippen molar-refractivity contribution in [3.63, 3.8) is 0 Å². The van der Waals surface area contributed by atoms with Gasteiger partial charge in [-0.3, -0.25) is 9.69 Å². The van der Waals surface area contributed by atoms with Crippen LogP contribution in [0.3, 0.4) is 0 Å². The number of aryl methyl sites for hydroxylation is 1. The highest BCUT2D eigenvalue weighted by Gasteiger charge is 2.20. The highest BCUT2D eigenvalue weighted by Crippen LogP contribution is 2.15. The topological polar surface area (TPSA) is 67.2 Å². The number of hydrogen-bond acceptors (Lipinski definition) is 6. The lowest BCUT2D eigenvalue weighted by Gasteiger charge is -2.22. The average molecular weight is 364 g/mol. The Balaban J connectivity index is 1.50. The number of thioether (sulfide) groups is 1. The first-order valence-corrected chi connectivity index (χ1v) is 9.21. The van der Waals surface area contributed by atoms with Crippen LogP contribution in [0.1, 0.15) is 12.0 Å². The van der Waals surface area contributed by atoms with E-state index in [-0.39, 0.29) is 11.7 Å². The lowest BCUT2D eigenvalue weighted by Crippen LogP contribution is -2.36. The number of aromatic nitrogens is 4. The Morgan fingerprint density at radius 3 is 2.84 bits per heavy atom. The van der Waals surface area contributed by atoms with E-state index in [1.54, 1.807) is 17.8 Å². The van der Waals surface area contributed by atoms with E-state index in [1.165, 1.54) is 17.8 Å². The number of rotatable bonds is 5. The van der Waals surface area contributed by atoms with Crippen molar-refractivity contribution in [2.45, 2.75) is 18.1 Å². The monoisotopic (exact) mass is 364 g/mol. The van der Waals surface area contributed by atoms with Crippen LogP contribution in [-0.2, 0) is 18.4 Å². The lowest BCUT2D eigenvalue weighted by molar-refractivity contribution is -0.128. The molecule has 25 heavy (non-hydrogen) atoms. The van der Waals surface area contributed by atoms with Gasteiger partial charge in [-0.05, 0) is 22.9 Å². The molecule has 0 bridgehead atoms. The van der Waals surface area contributed by atoms with E-state index in [0.717, 1.165) is 26.1 Å². The van der Waals surface area contributed by atoms with Gasteiger partial charge in [-0.25, -0.2) is 9.07 Å². The van der Waals surface area contributed by atoms with E-state index in [1.807, 2.05) is 17.0 Å². The van der Waals surface area contributed by atoms with Crippen LogP contribution in [0.5, 0.6) is 0 Å². The highest BCUT2D eigenvalue weighted by atomic mass is 32.2. The maximum atomic E-state index is 13.8. The fourth-order valence-corrected chi connectivity index (χ4v) is 3.56. The quantitative estimate of drug-likeness (QED) is 0.742. The predicted octanol–water partition coefficient (Wildman–Crippen LogP) is 1.18. The molecule has 3 rings (SSSR count). The third kappa shape index (κ3) is 4.76. The van der Waals surface area contributed by atoms with E-state index in [9.17, 15) is 9.18 Å². The van der Waals surface area contributed by atoms with Gasteiger partial charge in [0.1, 0.15) is 5.82 Å². The molecule has 1 fully saturated rings. The number of halogens is 1. The van der Waals surface area contributed by atoms with Crippen molar-refractivity contribution in [2.24, 2.45) is 7.05 Å². The first-order chi connectivity index (χ1) is 12.1. The van der Waals surface area contributed by atoms with E-state index >= 15 is 0 Å². The fraction of sp³-hybridized carbons (Fsp3) is 0.500. The van der Waals surface area contributed by atoms with Crippen LogP contribution in [0.4, 0.5) is 4.39 Å². The number of amides is 1. The smallest absolute Gasteiger partial charge is 0.233 e. The molecule has 2 aromatic rings. The van der Waals surface area contributed by atoms with Crippen molar-refractivity contribution in [3.8, 4) is 0 Å². The van der Waals surface area contributed by atoms with Gasteiger partial charge >= 0.3 is 0 Å². The van der Waals surface area contributed by atoms with E-state index < -0.39 is 0 Å². The van der Waals surface area contributed by atoms with Crippen LogP contribution in [0, 0.1) is 5.82 Å². The Hall–Kier alpha value is -2.00. The molecule has 134 valence electrons. The standard InChI is InChI=1S/C16H21FN6OS/c1-21-16(18-19-20-21)25-12-15(24)23-8-4-7-22(9-10-23)11-13-5-2-3-6-14(13)17/h2-3,5-6H,4,7-12H2,1H3. The zero-order valence-corrected chi connectivity index (χ0v) is 15.0. The number of carbonyl (C=O) groups is 1. The molecule has 1 amide bonds. The van der Waals surface area contributed by atoms with E-state index in [2.05, 4.69) is 20.4 Å². The molecule has 0 radical (unpaired) electrons. The summed E-state index contributed by atoms with van der Waals surface area (Å²) in [4.78, 5) is 16.5. The van der Waals surface area contributed by atoms with Crippen LogP contribution in [0.25, 0.3) is 0 Å². The summed E-state index contributed by atoms with van der Waals surface area (Å²) in [6.45, 7) is 3.57. The Labute approximate surface area is 150 Å². The average Bonchev–Trinajstić information content (AvgIpc) is 2.87. The van der Waals surface area contributed by atoms with Crippen LogP contribution in [-0.4, -0.2) is 67.8 Å². The Morgan fingerprint density at radius 1 is 1.24 bits per heavy atom. The second kappa shape index (κ2) is 8.39. The van der Waals surface area contributed by atoms with Gasteiger partial charge in [-0.1, -0.05) is 30.0 Å². The highest BCUT2D eigenvalue weighted by molar-refractivity contribution is 7.99. The molecule has 0 aliphatic carbocycles. The second-order valence-corrected chi connectivity index (χ2v) is 6.92. The molecular formula is C16H21FN6OS. The minimum atomic E-state index is -0.173. The maximum absolute atomic E-state index is 13.8. The summed E-state index contributed by atoms with van der Waals surface area (Å²) in [5.41, 5.74) is 0.701. The Morgan fingerprint density at radius 2 is 2.08 bits per heavy atom. The fourth-order valence-electron chi connectivity index (χ4n) is 2.81. The Kier molecular flexibility index (Phi) is 5.98. The van der Waals surface area contributed by atoms with Gasteiger partial charge in [0.15, 0.2) is 0 Å². The molecule has 0 saturated carbocycles. The number of tetrazole rings is 1. The van der Waals surface area contributed by atoms with E-state index in [4.69, 9.17) is 0 Å². The van der Waals surface area contributed by atoms with Gasteiger partial charge in [-0.2, -0.15) is 0 Å². The molecular weight excluding hydrogens is 343 g/mol. The Bertz CT molecular complexity index is 724. The SMILES string of the molecule is Cn1nnnc1SCC(=O)N1CCCN(Cc2ccccc2F)CC1. The van der Waals surface area contributed by atoms with Crippen LogP contribution < -0.4 is 0 Å². The molecule has 0 spiro atoms. The molecule has 0 unspecified atom stereocenters. The lowest BCUT2D eigenvalue weighted by atomic mass is 10.2. The predicted molar refractivity (Wildman–Crippen MR) is 92.4 cm³/mol. The van der Waals surface area contributed by atoms with Crippen molar-refractivity contribution in [1.29, 1.82) is 0 Å². The molecule has 1 aliphatic rings. The van der Waals surface area contributed by atoms with Crippen LogP contribution in [0.15, 0.2) is 29.4 Å². The minimum absolute atomic E-state index is 0.0840. The largest absolute Gasteiger partial charge is 0.341 e. The van der Waals surface area contributed by atoms with Crippen molar-refractivity contribution in [1.82, 2.24) is 30.0 Å². The van der Waals surface area contributed by atoms with Crippen molar-refractivity contribution < 1.29 is 9.18 Å². The summed E-state index contributed by atoms with van der Waals surface area (Å²) in [6, 6.07) is 6.85. The molecule has 0 N–H and O–H groups in total. The zero-order chi connectivity index (χ0) is 17.6. The molecule has 1 aromatic heterocycles. The van der Waals surface area contributed by atoms with Gasteiger partial charge in [0.2, 0.25) is 11.1 Å². The molecule has 1 aliphatic heterocycles. The maximum Gasteiger partial charge on any atom is 0.233 e. The van der Waals surface area contributed by atoms with Crippen LogP contribution >= 0.6 is 11.8 Å². The molecule has 1 saturated heterocycles. The molecule has 0 atom stereocenters. The first-order valence-electron chi connectivity index (χ1n) is 8.22. The molecule has 9 heteroatoms. The summed E-state index contributed by atoms with van der Waals surface area (Å²) < 4.78 is 15.4. The number of nitrogens with zero attached hydrogens (tertiary/aromatic N) is 6. The number of benzene rings is 1. The normalized spacial score (nSPS) is 16.0.